The zero-order valence-electron chi connectivity index (χ0n) is 10.8. The van der Waals surface area contributed by atoms with Crippen LogP contribution in [0.5, 0.6) is 0 Å². The van der Waals surface area contributed by atoms with Crippen LogP contribution < -0.4 is 4.90 Å². The van der Waals surface area contributed by atoms with E-state index in [0.717, 1.165) is 18.2 Å². The Hall–Kier alpha value is -2.34. The van der Waals surface area contributed by atoms with Gasteiger partial charge in [-0.3, -0.25) is 9.59 Å². The molecule has 0 unspecified atom stereocenters. The summed E-state index contributed by atoms with van der Waals surface area (Å²) >= 11 is 5.84. The fourth-order valence-electron chi connectivity index (χ4n) is 2.37. The van der Waals surface area contributed by atoms with Gasteiger partial charge in [-0.1, -0.05) is 23.7 Å². The SMILES string of the molecule is O=C1C=CC(=O)N1c1c(C(F)(F)F)ccc2cc(Cl)ccc12. The van der Waals surface area contributed by atoms with Crippen LogP contribution in [0.25, 0.3) is 10.8 Å². The van der Waals surface area contributed by atoms with Crippen molar-refractivity contribution in [2.24, 2.45) is 0 Å². The summed E-state index contributed by atoms with van der Waals surface area (Å²) in [6, 6.07) is 6.34. The molecule has 22 heavy (non-hydrogen) atoms. The van der Waals surface area contributed by atoms with Crippen molar-refractivity contribution in [3.05, 3.63) is 53.1 Å². The highest BCUT2D eigenvalue weighted by atomic mass is 35.5. The van der Waals surface area contributed by atoms with Crippen LogP contribution >= 0.6 is 11.6 Å². The second-order valence-corrected chi connectivity index (χ2v) is 5.11. The molecule has 1 aliphatic heterocycles. The molecule has 2 aromatic rings. The highest BCUT2D eigenvalue weighted by Gasteiger charge is 2.39. The van der Waals surface area contributed by atoms with Crippen LogP contribution in [-0.4, -0.2) is 11.8 Å². The molecule has 0 radical (unpaired) electrons. The van der Waals surface area contributed by atoms with Gasteiger partial charge in [0.25, 0.3) is 11.8 Å². The minimum absolute atomic E-state index is 0.129. The molecule has 1 heterocycles. The van der Waals surface area contributed by atoms with Gasteiger partial charge >= 0.3 is 6.18 Å². The summed E-state index contributed by atoms with van der Waals surface area (Å²) in [6.45, 7) is 0. The van der Waals surface area contributed by atoms with Gasteiger partial charge in [-0.25, -0.2) is 4.90 Å². The lowest BCUT2D eigenvalue weighted by atomic mass is 10.0. The minimum atomic E-state index is -4.70. The Morgan fingerprint density at radius 3 is 2.18 bits per heavy atom. The van der Waals surface area contributed by atoms with Gasteiger partial charge in [-0.2, -0.15) is 13.2 Å². The van der Waals surface area contributed by atoms with Gasteiger partial charge in [0.05, 0.1) is 11.3 Å². The molecule has 0 fully saturated rings. The van der Waals surface area contributed by atoms with Gasteiger partial charge in [0.2, 0.25) is 0 Å². The number of fused-ring (bicyclic) bond motifs is 1. The zero-order chi connectivity index (χ0) is 16.1. The van der Waals surface area contributed by atoms with Crippen LogP contribution in [0.1, 0.15) is 5.56 Å². The van der Waals surface area contributed by atoms with Gasteiger partial charge in [-0.15, -0.1) is 0 Å². The number of benzene rings is 2. The summed E-state index contributed by atoms with van der Waals surface area (Å²) in [5.74, 6) is -1.61. The molecule has 2 aromatic carbocycles. The van der Waals surface area contributed by atoms with Gasteiger partial charge in [-0.05, 0) is 23.6 Å². The van der Waals surface area contributed by atoms with Gasteiger partial charge in [0.1, 0.15) is 0 Å². The quantitative estimate of drug-likeness (QED) is 0.745. The van der Waals surface area contributed by atoms with Crippen LogP contribution in [-0.2, 0) is 15.8 Å². The molecule has 0 N–H and O–H groups in total. The fourth-order valence-corrected chi connectivity index (χ4v) is 2.56. The van der Waals surface area contributed by atoms with Crippen LogP contribution in [0.4, 0.5) is 18.9 Å². The topological polar surface area (TPSA) is 37.4 Å². The third kappa shape index (κ3) is 2.25. The Labute approximate surface area is 127 Å². The first-order chi connectivity index (χ1) is 10.3. The third-order valence-corrected chi connectivity index (χ3v) is 3.53. The van der Waals surface area contributed by atoms with E-state index in [1.165, 1.54) is 24.3 Å². The summed E-state index contributed by atoms with van der Waals surface area (Å²) in [5, 5.41) is 0.878. The van der Waals surface area contributed by atoms with Gasteiger partial charge < -0.3 is 0 Å². The summed E-state index contributed by atoms with van der Waals surface area (Å²) in [6.07, 6.45) is -2.82. The number of alkyl halides is 3. The maximum Gasteiger partial charge on any atom is 0.418 e. The molecule has 3 nitrogen and oxygen atoms in total. The predicted octanol–water partition coefficient (Wildman–Crippen LogP) is 3.94. The molecule has 0 bridgehead atoms. The van der Waals surface area contributed by atoms with Crippen molar-refractivity contribution < 1.29 is 22.8 Å². The van der Waals surface area contributed by atoms with Crippen molar-refractivity contribution in [2.45, 2.75) is 6.18 Å². The van der Waals surface area contributed by atoms with Crippen LogP contribution in [0.3, 0.4) is 0 Å². The normalized spacial score (nSPS) is 15.2. The van der Waals surface area contributed by atoms with E-state index in [9.17, 15) is 22.8 Å². The molecule has 0 aromatic heterocycles. The number of hydrogen-bond acceptors (Lipinski definition) is 2. The van der Waals surface area contributed by atoms with Gasteiger partial charge in [0.15, 0.2) is 0 Å². The van der Waals surface area contributed by atoms with Gasteiger partial charge in [0, 0.05) is 22.6 Å². The Morgan fingerprint density at radius 1 is 0.955 bits per heavy atom. The predicted molar refractivity (Wildman–Crippen MR) is 75.6 cm³/mol. The Balaban J connectivity index is 2.37. The molecular formula is C15H7ClF3NO2. The summed E-state index contributed by atoms with van der Waals surface area (Å²) in [4.78, 5) is 24.1. The molecular weight excluding hydrogens is 319 g/mol. The molecule has 0 atom stereocenters. The largest absolute Gasteiger partial charge is 0.418 e. The average Bonchev–Trinajstić information content (AvgIpc) is 2.75. The first-order valence-corrected chi connectivity index (χ1v) is 6.52. The summed E-state index contributed by atoms with van der Waals surface area (Å²) in [7, 11) is 0. The molecule has 1 aliphatic rings. The number of imide groups is 1. The van der Waals surface area contributed by atoms with E-state index in [0.29, 0.717) is 15.3 Å². The number of hydrogen-bond donors (Lipinski definition) is 0. The maximum atomic E-state index is 13.3. The van der Waals surface area contributed by atoms with E-state index in [1.807, 2.05) is 0 Å². The molecule has 3 rings (SSSR count). The summed E-state index contributed by atoms with van der Waals surface area (Å²) in [5.41, 5.74) is -1.52. The number of carbonyl (C=O) groups excluding carboxylic acids is 2. The van der Waals surface area contributed by atoms with E-state index >= 15 is 0 Å². The lowest BCUT2D eigenvalue weighted by Gasteiger charge is -2.22. The van der Waals surface area contributed by atoms with Crippen LogP contribution in [0, 0.1) is 0 Å². The highest BCUT2D eigenvalue weighted by molar-refractivity contribution is 6.32. The smallest absolute Gasteiger partial charge is 0.269 e. The molecule has 0 saturated heterocycles. The second-order valence-electron chi connectivity index (χ2n) is 4.67. The Bertz CT molecular complexity index is 825. The first kappa shape index (κ1) is 14.6. The van der Waals surface area contributed by atoms with E-state index < -0.39 is 29.2 Å². The minimum Gasteiger partial charge on any atom is -0.269 e. The first-order valence-electron chi connectivity index (χ1n) is 6.14. The molecule has 2 amide bonds. The lowest BCUT2D eigenvalue weighted by Crippen LogP contribution is -2.32. The molecule has 0 saturated carbocycles. The molecule has 0 aliphatic carbocycles. The number of halogens is 4. The van der Waals surface area contributed by atoms with Crippen molar-refractivity contribution in [2.75, 3.05) is 4.90 Å². The third-order valence-electron chi connectivity index (χ3n) is 3.29. The Morgan fingerprint density at radius 2 is 1.59 bits per heavy atom. The monoisotopic (exact) mass is 325 g/mol. The van der Waals surface area contributed by atoms with Crippen molar-refractivity contribution in [3.8, 4) is 0 Å². The summed E-state index contributed by atoms with van der Waals surface area (Å²) < 4.78 is 39.8. The van der Waals surface area contributed by atoms with Crippen molar-refractivity contribution in [3.63, 3.8) is 0 Å². The zero-order valence-corrected chi connectivity index (χ0v) is 11.6. The number of amides is 2. The van der Waals surface area contributed by atoms with E-state index in [1.54, 1.807) is 0 Å². The maximum absolute atomic E-state index is 13.3. The molecule has 7 heteroatoms. The fraction of sp³-hybridized carbons (Fsp3) is 0.0667. The van der Waals surface area contributed by atoms with E-state index in [4.69, 9.17) is 11.6 Å². The number of nitrogens with zero attached hydrogens (tertiary/aromatic N) is 1. The number of rotatable bonds is 1. The average molecular weight is 326 g/mol. The van der Waals surface area contributed by atoms with Crippen molar-refractivity contribution >= 4 is 39.9 Å². The highest BCUT2D eigenvalue weighted by Crippen LogP contribution is 2.42. The van der Waals surface area contributed by atoms with E-state index in [-0.39, 0.29) is 5.39 Å². The molecule has 112 valence electrons. The number of carbonyl (C=O) groups is 2. The molecule has 0 spiro atoms. The van der Waals surface area contributed by atoms with Crippen molar-refractivity contribution in [1.82, 2.24) is 0 Å². The van der Waals surface area contributed by atoms with Crippen LogP contribution in [0.2, 0.25) is 5.02 Å². The Kier molecular flexibility index (Phi) is 3.21. The van der Waals surface area contributed by atoms with Crippen molar-refractivity contribution in [1.29, 1.82) is 0 Å². The van der Waals surface area contributed by atoms with Crippen LogP contribution in [0.15, 0.2) is 42.5 Å². The second kappa shape index (κ2) is 4.84. The van der Waals surface area contributed by atoms with E-state index in [2.05, 4.69) is 0 Å². The lowest BCUT2D eigenvalue weighted by molar-refractivity contribution is -0.137. The number of anilines is 1. The standard InChI is InChI=1S/C15H7ClF3NO2/c16-9-2-3-10-8(7-9)1-4-11(15(17,18)19)14(10)20-12(21)5-6-13(20)22/h1-7H.